The first-order valence-electron chi connectivity index (χ1n) is 13.7. The van der Waals surface area contributed by atoms with E-state index in [4.69, 9.17) is 23.2 Å². The number of nitrogens with one attached hydrogen (secondary N) is 1. The van der Waals surface area contributed by atoms with Crippen molar-refractivity contribution in [3.63, 3.8) is 0 Å². The third-order valence-corrected chi connectivity index (χ3v) is 10.0. The van der Waals surface area contributed by atoms with E-state index in [0.29, 0.717) is 15.6 Å². The van der Waals surface area contributed by atoms with Gasteiger partial charge in [-0.15, -0.1) is 0 Å². The Morgan fingerprint density at radius 3 is 2.24 bits per heavy atom. The molecular formula is C31H35Cl2N3O4S. The van der Waals surface area contributed by atoms with E-state index in [-0.39, 0.29) is 29.1 Å². The Hall–Kier alpha value is -3.07. The standard InChI is InChI=1S/C31H35Cl2N3O4S/c1-22-17-18-26(19-29(22)33)36(41(39,40)27-14-7-4-8-15-27)21-30(37)35(20-24-11-9-10-16-28(24)32)23(2)31(38)34-25-12-5-3-6-13-25/h4,7-11,14-19,23,25H,3,5-6,12-13,20-21H2,1-2H3,(H,34,38). The summed E-state index contributed by atoms with van der Waals surface area (Å²) < 4.78 is 28.8. The fourth-order valence-corrected chi connectivity index (χ4v) is 6.74. The first-order valence-corrected chi connectivity index (χ1v) is 15.9. The molecule has 0 bridgehead atoms. The Morgan fingerprint density at radius 2 is 1.59 bits per heavy atom. The van der Waals surface area contributed by atoms with Crippen LogP contribution < -0.4 is 9.62 Å². The third-order valence-electron chi connectivity index (χ3n) is 7.47. The van der Waals surface area contributed by atoms with Crippen LogP contribution in [0.5, 0.6) is 0 Å². The van der Waals surface area contributed by atoms with Gasteiger partial charge in [0.2, 0.25) is 11.8 Å². The number of anilines is 1. The van der Waals surface area contributed by atoms with Crippen molar-refractivity contribution in [2.24, 2.45) is 0 Å². The van der Waals surface area contributed by atoms with E-state index in [0.717, 1.165) is 42.0 Å². The van der Waals surface area contributed by atoms with Gasteiger partial charge < -0.3 is 10.2 Å². The minimum Gasteiger partial charge on any atom is -0.352 e. The minimum absolute atomic E-state index is 0.0326. The van der Waals surface area contributed by atoms with Gasteiger partial charge in [-0.1, -0.05) is 84.9 Å². The van der Waals surface area contributed by atoms with Crippen molar-refractivity contribution < 1.29 is 18.0 Å². The molecule has 3 aromatic carbocycles. The van der Waals surface area contributed by atoms with Crippen LogP contribution in [-0.2, 0) is 26.2 Å². The first-order chi connectivity index (χ1) is 19.6. The van der Waals surface area contributed by atoms with E-state index >= 15 is 0 Å². The van der Waals surface area contributed by atoms with Crippen LogP contribution in [0.25, 0.3) is 0 Å². The average molecular weight is 617 g/mol. The van der Waals surface area contributed by atoms with Gasteiger partial charge in [0.1, 0.15) is 12.6 Å². The number of sulfonamides is 1. The smallest absolute Gasteiger partial charge is 0.264 e. The molecule has 0 aliphatic heterocycles. The molecule has 41 heavy (non-hydrogen) atoms. The molecule has 1 aliphatic carbocycles. The average Bonchev–Trinajstić information content (AvgIpc) is 2.97. The van der Waals surface area contributed by atoms with Gasteiger partial charge in [0, 0.05) is 22.6 Å². The van der Waals surface area contributed by atoms with Gasteiger partial charge in [0.15, 0.2) is 0 Å². The first kappa shape index (κ1) is 30.9. The molecule has 10 heteroatoms. The normalized spacial score (nSPS) is 14.7. The largest absolute Gasteiger partial charge is 0.352 e. The molecule has 7 nitrogen and oxygen atoms in total. The predicted octanol–water partition coefficient (Wildman–Crippen LogP) is 6.36. The molecule has 0 radical (unpaired) electrons. The Balaban J connectivity index is 1.69. The number of rotatable bonds is 10. The number of hydrogen-bond acceptors (Lipinski definition) is 4. The van der Waals surface area contributed by atoms with Gasteiger partial charge in [0.25, 0.3) is 10.0 Å². The molecule has 1 unspecified atom stereocenters. The maximum atomic E-state index is 14.1. The van der Waals surface area contributed by atoms with E-state index < -0.39 is 28.5 Å². The predicted molar refractivity (Wildman–Crippen MR) is 164 cm³/mol. The highest BCUT2D eigenvalue weighted by atomic mass is 35.5. The van der Waals surface area contributed by atoms with Gasteiger partial charge in [-0.25, -0.2) is 8.42 Å². The topological polar surface area (TPSA) is 86.8 Å². The molecule has 0 spiro atoms. The number of carbonyl (C=O) groups is 2. The summed E-state index contributed by atoms with van der Waals surface area (Å²) in [5.74, 6) is -0.833. The Kier molecular flexibility index (Phi) is 10.3. The lowest BCUT2D eigenvalue weighted by Gasteiger charge is -2.33. The van der Waals surface area contributed by atoms with Crippen LogP contribution in [0.4, 0.5) is 5.69 Å². The highest BCUT2D eigenvalue weighted by molar-refractivity contribution is 7.92. The second-order valence-corrected chi connectivity index (χ2v) is 13.1. The van der Waals surface area contributed by atoms with E-state index in [2.05, 4.69) is 5.32 Å². The zero-order chi connectivity index (χ0) is 29.6. The molecule has 2 amide bonds. The van der Waals surface area contributed by atoms with E-state index in [9.17, 15) is 18.0 Å². The van der Waals surface area contributed by atoms with E-state index in [1.165, 1.54) is 23.1 Å². The number of halogens is 2. The molecule has 0 aromatic heterocycles. The maximum absolute atomic E-state index is 14.1. The summed E-state index contributed by atoms with van der Waals surface area (Å²) in [4.78, 5) is 28.9. The SMILES string of the molecule is Cc1ccc(N(CC(=O)N(Cc2ccccc2Cl)C(C)C(=O)NC2CCCCC2)S(=O)(=O)c2ccccc2)cc1Cl. The summed E-state index contributed by atoms with van der Waals surface area (Å²) in [5.41, 5.74) is 1.66. The van der Waals surface area contributed by atoms with Crippen molar-refractivity contribution in [2.45, 2.75) is 69.5 Å². The molecule has 4 rings (SSSR count). The number of aryl methyl sites for hydroxylation is 1. The van der Waals surface area contributed by atoms with Crippen molar-refractivity contribution in [1.82, 2.24) is 10.2 Å². The summed E-state index contributed by atoms with van der Waals surface area (Å²) in [7, 11) is -4.16. The maximum Gasteiger partial charge on any atom is 0.264 e. The van der Waals surface area contributed by atoms with Crippen LogP contribution in [0.1, 0.15) is 50.2 Å². The molecule has 1 N–H and O–H groups in total. The molecule has 1 atom stereocenters. The van der Waals surface area contributed by atoms with Gasteiger partial charge in [-0.05, 0) is 68.1 Å². The number of hydrogen-bond donors (Lipinski definition) is 1. The molecule has 3 aromatic rings. The van der Waals surface area contributed by atoms with Crippen LogP contribution in [0.2, 0.25) is 10.0 Å². The fourth-order valence-electron chi connectivity index (χ4n) is 4.95. The lowest BCUT2D eigenvalue weighted by atomic mass is 9.95. The summed E-state index contributed by atoms with van der Waals surface area (Å²) in [5, 5.41) is 3.91. The molecule has 0 heterocycles. The van der Waals surface area contributed by atoms with E-state index in [1.54, 1.807) is 61.5 Å². The second-order valence-electron chi connectivity index (χ2n) is 10.4. The second kappa shape index (κ2) is 13.7. The van der Waals surface area contributed by atoms with Crippen molar-refractivity contribution in [1.29, 1.82) is 0 Å². The summed E-state index contributed by atoms with van der Waals surface area (Å²) in [6, 6.07) is 19.0. The summed E-state index contributed by atoms with van der Waals surface area (Å²) >= 11 is 12.8. The number of carbonyl (C=O) groups excluding carboxylic acids is 2. The lowest BCUT2D eigenvalue weighted by Crippen LogP contribution is -2.53. The Bertz CT molecular complexity index is 1480. The molecule has 218 valence electrons. The van der Waals surface area contributed by atoms with Crippen LogP contribution >= 0.6 is 23.2 Å². The number of amides is 2. The van der Waals surface area contributed by atoms with Crippen molar-refractivity contribution in [2.75, 3.05) is 10.8 Å². The zero-order valence-corrected chi connectivity index (χ0v) is 25.6. The number of nitrogens with zero attached hydrogens (tertiary/aromatic N) is 2. The van der Waals surface area contributed by atoms with Crippen molar-refractivity contribution in [3.8, 4) is 0 Å². The van der Waals surface area contributed by atoms with Gasteiger partial charge in [-0.2, -0.15) is 0 Å². The van der Waals surface area contributed by atoms with Gasteiger partial charge >= 0.3 is 0 Å². The molecule has 1 saturated carbocycles. The van der Waals surface area contributed by atoms with E-state index in [1.807, 2.05) is 6.92 Å². The number of benzene rings is 3. The Labute approximate surface area is 252 Å². The van der Waals surface area contributed by atoms with Crippen LogP contribution in [-0.4, -0.2) is 43.8 Å². The molecule has 1 fully saturated rings. The highest BCUT2D eigenvalue weighted by Gasteiger charge is 2.33. The minimum atomic E-state index is -4.16. The van der Waals surface area contributed by atoms with Crippen LogP contribution in [0.15, 0.2) is 77.7 Å². The summed E-state index contributed by atoms with van der Waals surface area (Å²) in [6.07, 6.45) is 5.04. The van der Waals surface area contributed by atoms with Crippen molar-refractivity contribution in [3.05, 3.63) is 94.0 Å². The van der Waals surface area contributed by atoms with Gasteiger partial charge in [-0.3, -0.25) is 13.9 Å². The summed E-state index contributed by atoms with van der Waals surface area (Å²) in [6.45, 7) is 2.96. The molecular weight excluding hydrogens is 581 g/mol. The fraction of sp³-hybridized carbons (Fsp3) is 0.355. The lowest BCUT2D eigenvalue weighted by molar-refractivity contribution is -0.139. The molecule has 0 saturated heterocycles. The quantitative estimate of drug-likeness (QED) is 0.287. The van der Waals surface area contributed by atoms with Crippen molar-refractivity contribution >= 4 is 50.7 Å². The Morgan fingerprint density at radius 1 is 0.927 bits per heavy atom. The highest BCUT2D eigenvalue weighted by Crippen LogP contribution is 2.29. The monoisotopic (exact) mass is 615 g/mol. The van der Waals surface area contributed by atoms with Crippen LogP contribution in [0, 0.1) is 6.92 Å². The van der Waals surface area contributed by atoms with Gasteiger partial charge in [0.05, 0.1) is 10.6 Å². The molecule has 1 aliphatic rings. The van der Waals surface area contributed by atoms with Crippen LogP contribution in [0.3, 0.4) is 0 Å². The third kappa shape index (κ3) is 7.61. The zero-order valence-electron chi connectivity index (χ0n) is 23.2.